The second-order valence-electron chi connectivity index (χ2n) is 5.36. The summed E-state index contributed by atoms with van der Waals surface area (Å²) in [4.78, 5) is 11.5. The van der Waals surface area contributed by atoms with Gasteiger partial charge in [0.05, 0.1) is 6.07 Å². The second-order valence-corrected chi connectivity index (χ2v) is 5.36. The number of carbonyl (C=O) groups is 1. The van der Waals surface area contributed by atoms with Gasteiger partial charge in [0.25, 0.3) is 0 Å². The van der Waals surface area contributed by atoms with Gasteiger partial charge >= 0.3 is 6.09 Å². The number of carbonyl (C=O) groups excluding carboxylic acids is 1. The van der Waals surface area contributed by atoms with E-state index in [1.165, 1.54) is 0 Å². The summed E-state index contributed by atoms with van der Waals surface area (Å²) in [6.45, 7) is 4.92. The third-order valence-corrected chi connectivity index (χ3v) is 2.24. The van der Waals surface area contributed by atoms with Gasteiger partial charge in [-0.25, -0.2) is 9.18 Å². The van der Waals surface area contributed by atoms with Gasteiger partial charge in [0.2, 0.25) is 0 Å². The Balaban J connectivity index is 3.86. The molecular formula is C13H23FN4O2. The molecule has 0 bridgehead atoms. The number of hydrogen-bond acceptors (Lipinski definition) is 4. The average Bonchev–Trinajstić information content (AvgIpc) is 2.34. The molecule has 6 nitrogen and oxygen atoms in total. The number of nitriles is 1. The number of ether oxygens (including phenoxy) is 1. The Hall–Kier alpha value is -1.84. The van der Waals surface area contributed by atoms with Crippen LogP contribution in [0.25, 0.3) is 0 Å². The van der Waals surface area contributed by atoms with E-state index in [1.807, 2.05) is 6.07 Å². The molecule has 0 heterocycles. The summed E-state index contributed by atoms with van der Waals surface area (Å²) >= 11 is 0. The molecule has 1 unspecified atom stereocenters. The van der Waals surface area contributed by atoms with Crippen LogP contribution in [0.4, 0.5) is 9.18 Å². The lowest BCUT2D eigenvalue weighted by Crippen LogP contribution is -2.38. The largest absolute Gasteiger partial charge is 0.444 e. The third-order valence-electron chi connectivity index (χ3n) is 2.24. The van der Waals surface area contributed by atoms with E-state index >= 15 is 0 Å². The fourth-order valence-electron chi connectivity index (χ4n) is 1.38. The van der Waals surface area contributed by atoms with E-state index < -0.39 is 24.4 Å². The highest BCUT2D eigenvalue weighted by Crippen LogP contribution is 2.07. The molecule has 7 heteroatoms. The van der Waals surface area contributed by atoms with Crippen molar-refractivity contribution < 1.29 is 13.9 Å². The molecule has 20 heavy (non-hydrogen) atoms. The van der Waals surface area contributed by atoms with Crippen LogP contribution < -0.4 is 10.6 Å². The molecule has 0 spiro atoms. The van der Waals surface area contributed by atoms with Gasteiger partial charge in [-0.3, -0.25) is 5.41 Å². The summed E-state index contributed by atoms with van der Waals surface area (Å²) in [7, 11) is 0. The first-order valence-corrected chi connectivity index (χ1v) is 6.55. The van der Waals surface area contributed by atoms with E-state index in [0.29, 0.717) is 25.8 Å². The van der Waals surface area contributed by atoms with Crippen LogP contribution in [0.5, 0.6) is 0 Å². The Morgan fingerprint density at radius 3 is 2.60 bits per heavy atom. The van der Waals surface area contributed by atoms with Gasteiger partial charge in [-0.05, 0) is 40.0 Å². The number of rotatable bonds is 7. The first-order chi connectivity index (χ1) is 9.28. The van der Waals surface area contributed by atoms with E-state index in [1.54, 1.807) is 20.8 Å². The van der Waals surface area contributed by atoms with Gasteiger partial charge < -0.3 is 15.4 Å². The van der Waals surface area contributed by atoms with Crippen molar-refractivity contribution in [2.75, 3.05) is 13.2 Å². The van der Waals surface area contributed by atoms with E-state index in [9.17, 15) is 9.18 Å². The Kier molecular flexibility index (Phi) is 8.29. The van der Waals surface area contributed by atoms with Crippen molar-refractivity contribution in [3.63, 3.8) is 0 Å². The Morgan fingerprint density at radius 2 is 2.10 bits per heavy atom. The SMILES string of the molecule is CC(C)(C)OC(=O)NC(C#N)CCCCNC(=N)CF. The molecule has 3 N–H and O–H groups in total. The second kappa shape index (κ2) is 9.13. The van der Waals surface area contributed by atoms with Crippen LogP contribution in [0.2, 0.25) is 0 Å². The van der Waals surface area contributed by atoms with Crippen molar-refractivity contribution in [1.29, 1.82) is 10.7 Å². The van der Waals surface area contributed by atoms with Crippen LogP contribution in [-0.4, -0.2) is 36.8 Å². The van der Waals surface area contributed by atoms with Crippen LogP contribution in [0.3, 0.4) is 0 Å². The number of halogens is 1. The van der Waals surface area contributed by atoms with Crippen LogP contribution in [0.15, 0.2) is 0 Å². The summed E-state index contributed by atoms with van der Waals surface area (Å²) in [5.74, 6) is -0.145. The van der Waals surface area contributed by atoms with Gasteiger partial charge in [-0.1, -0.05) is 0 Å². The van der Waals surface area contributed by atoms with Crippen molar-refractivity contribution in [3.05, 3.63) is 0 Å². The van der Waals surface area contributed by atoms with E-state index in [2.05, 4.69) is 10.6 Å². The summed E-state index contributed by atoms with van der Waals surface area (Å²) in [5.41, 5.74) is -0.596. The molecule has 0 aromatic rings. The van der Waals surface area contributed by atoms with Crippen LogP contribution in [0.1, 0.15) is 40.0 Å². The molecule has 0 saturated heterocycles. The minimum absolute atomic E-state index is 0.145. The molecule has 1 atom stereocenters. The molecule has 0 aromatic heterocycles. The van der Waals surface area contributed by atoms with Gasteiger partial charge in [0.15, 0.2) is 0 Å². The Bertz CT molecular complexity index is 360. The minimum atomic E-state index is -0.805. The number of nitrogens with zero attached hydrogens (tertiary/aromatic N) is 1. The first-order valence-electron chi connectivity index (χ1n) is 6.55. The molecule has 0 aliphatic rings. The first kappa shape index (κ1) is 18.2. The van der Waals surface area contributed by atoms with Gasteiger partial charge in [-0.15, -0.1) is 0 Å². The molecule has 0 radical (unpaired) electrons. The minimum Gasteiger partial charge on any atom is -0.444 e. The number of unbranched alkanes of at least 4 members (excludes halogenated alkanes) is 1. The molecule has 0 fully saturated rings. The normalized spacial score (nSPS) is 12.2. The van der Waals surface area contributed by atoms with Crippen LogP contribution in [0, 0.1) is 16.7 Å². The molecule has 0 aliphatic carbocycles. The van der Waals surface area contributed by atoms with Crippen molar-refractivity contribution in [1.82, 2.24) is 10.6 Å². The zero-order chi connectivity index (χ0) is 15.6. The van der Waals surface area contributed by atoms with E-state index in [0.717, 1.165) is 0 Å². The smallest absolute Gasteiger partial charge is 0.408 e. The Labute approximate surface area is 119 Å². The highest BCUT2D eigenvalue weighted by atomic mass is 19.1. The predicted octanol–water partition coefficient (Wildman–Crippen LogP) is 2.11. The van der Waals surface area contributed by atoms with Crippen molar-refractivity contribution >= 4 is 11.9 Å². The summed E-state index contributed by atoms with van der Waals surface area (Å²) in [6.07, 6.45) is 1.25. The van der Waals surface area contributed by atoms with Crippen LogP contribution >= 0.6 is 0 Å². The monoisotopic (exact) mass is 286 g/mol. The number of nitrogens with one attached hydrogen (secondary N) is 3. The fourth-order valence-corrected chi connectivity index (χ4v) is 1.38. The number of amides is 1. The van der Waals surface area contributed by atoms with Crippen molar-refractivity contribution in [2.24, 2.45) is 0 Å². The van der Waals surface area contributed by atoms with Gasteiger partial charge in [-0.2, -0.15) is 5.26 Å². The fraction of sp³-hybridized carbons (Fsp3) is 0.769. The van der Waals surface area contributed by atoms with Crippen molar-refractivity contribution in [3.8, 4) is 6.07 Å². The molecule has 0 aliphatic heterocycles. The van der Waals surface area contributed by atoms with Gasteiger partial charge in [0, 0.05) is 6.54 Å². The number of alkyl carbamates (subject to hydrolysis) is 1. The quantitative estimate of drug-likeness (QED) is 0.379. The average molecular weight is 286 g/mol. The van der Waals surface area contributed by atoms with E-state index in [4.69, 9.17) is 15.4 Å². The predicted molar refractivity (Wildman–Crippen MR) is 74.3 cm³/mol. The summed E-state index contributed by atoms with van der Waals surface area (Å²) in [6, 6.07) is 1.39. The third kappa shape index (κ3) is 10.1. The lowest BCUT2D eigenvalue weighted by Gasteiger charge is -2.21. The molecule has 1 amide bonds. The van der Waals surface area contributed by atoms with E-state index in [-0.39, 0.29) is 5.84 Å². The van der Waals surface area contributed by atoms with Crippen LogP contribution in [-0.2, 0) is 4.74 Å². The molecular weight excluding hydrogens is 263 g/mol. The Morgan fingerprint density at radius 1 is 1.45 bits per heavy atom. The highest BCUT2D eigenvalue weighted by molar-refractivity contribution is 5.79. The number of alkyl halides is 1. The molecule has 0 rings (SSSR count). The summed E-state index contributed by atoms with van der Waals surface area (Å²) in [5, 5.41) is 21.1. The molecule has 114 valence electrons. The molecule has 0 saturated carbocycles. The summed E-state index contributed by atoms with van der Waals surface area (Å²) < 4.78 is 17.0. The number of hydrogen-bond donors (Lipinski definition) is 3. The van der Waals surface area contributed by atoms with Gasteiger partial charge in [0.1, 0.15) is 24.2 Å². The highest BCUT2D eigenvalue weighted by Gasteiger charge is 2.18. The lowest BCUT2D eigenvalue weighted by atomic mass is 10.1. The maximum atomic E-state index is 12.0. The zero-order valence-corrected chi connectivity index (χ0v) is 12.3. The standard InChI is InChI=1S/C13H23FN4O2/c1-13(2,3)20-12(19)18-10(9-15)6-4-5-7-17-11(16)8-14/h10H,4-8H2,1-3H3,(H2,16,17)(H,18,19). The zero-order valence-electron chi connectivity index (χ0n) is 12.3. The molecule has 0 aromatic carbocycles. The topological polar surface area (TPSA) is 98.0 Å². The lowest BCUT2D eigenvalue weighted by molar-refractivity contribution is 0.0513. The number of amidine groups is 1. The van der Waals surface area contributed by atoms with Crippen molar-refractivity contribution in [2.45, 2.75) is 51.7 Å². The maximum absolute atomic E-state index is 12.0. The maximum Gasteiger partial charge on any atom is 0.408 e.